The average molecular weight is 463 g/mol. The molecule has 0 aliphatic carbocycles. The van der Waals surface area contributed by atoms with Crippen molar-refractivity contribution in [2.75, 3.05) is 23.8 Å². The maximum Gasteiger partial charge on any atom is 0.326 e. The Kier molecular flexibility index (Phi) is 7.77. The van der Waals surface area contributed by atoms with Crippen molar-refractivity contribution in [3.63, 3.8) is 0 Å². The number of benzene rings is 2. The molecule has 2 amide bonds. The van der Waals surface area contributed by atoms with Gasteiger partial charge in [0.2, 0.25) is 5.95 Å². The Morgan fingerprint density at radius 3 is 2.42 bits per heavy atom. The molecule has 1 unspecified atom stereocenters. The molecule has 0 saturated heterocycles. The van der Waals surface area contributed by atoms with E-state index in [1.54, 1.807) is 24.3 Å². The van der Waals surface area contributed by atoms with Gasteiger partial charge in [0.15, 0.2) is 11.6 Å². The molecule has 1 atom stereocenters. The van der Waals surface area contributed by atoms with Gasteiger partial charge in [-0.2, -0.15) is 4.98 Å². The van der Waals surface area contributed by atoms with E-state index in [1.807, 2.05) is 5.32 Å². The van der Waals surface area contributed by atoms with E-state index in [1.165, 1.54) is 6.20 Å². The number of hydrogen-bond acceptors (Lipinski definition) is 6. The second kappa shape index (κ2) is 10.7. The third kappa shape index (κ3) is 6.38. The van der Waals surface area contributed by atoms with Crippen LogP contribution in [0.2, 0.25) is 0 Å². The van der Waals surface area contributed by atoms with E-state index in [0.717, 1.165) is 5.56 Å². The summed E-state index contributed by atoms with van der Waals surface area (Å²) in [4.78, 5) is 30.7. The minimum absolute atomic E-state index is 0.225. The van der Waals surface area contributed by atoms with Crippen LogP contribution in [0.3, 0.4) is 0 Å². The molecule has 1 heterocycles. The number of nitrogens with one attached hydrogen (secondary N) is 4. The van der Waals surface area contributed by atoms with Crippen molar-refractivity contribution >= 4 is 17.7 Å². The second-order valence-electron chi connectivity index (χ2n) is 6.96. The molecule has 0 spiro atoms. The first-order valence-corrected chi connectivity index (χ1v) is 9.68. The molecule has 6 N–H and O–H groups in total. The fourth-order valence-electron chi connectivity index (χ4n) is 2.80. The lowest BCUT2D eigenvalue weighted by molar-refractivity contribution is 0.0942. The third-order valence-electron chi connectivity index (χ3n) is 4.47. The highest BCUT2D eigenvalue weighted by Gasteiger charge is 2.14. The highest BCUT2D eigenvalue weighted by molar-refractivity contribution is 5.98. The highest BCUT2D eigenvalue weighted by atomic mass is 19.2. The molecular formula is C21H20F3N5O4. The number of urea groups is 1. The van der Waals surface area contributed by atoms with Gasteiger partial charge in [0.05, 0.1) is 24.0 Å². The Hall–Kier alpha value is -3.74. The van der Waals surface area contributed by atoms with Crippen LogP contribution < -0.4 is 21.5 Å². The van der Waals surface area contributed by atoms with Crippen LogP contribution in [-0.2, 0) is 6.54 Å². The van der Waals surface area contributed by atoms with Crippen molar-refractivity contribution in [3.8, 4) is 11.1 Å². The largest absolute Gasteiger partial charge is 0.394 e. The Bertz CT molecular complexity index is 1190. The van der Waals surface area contributed by atoms with Gasteiger partial charge in [-0.15, -0.1) is 0 Å². The molecule has 174 valence electrons. The van der Waals surface area contributed by atoms with E-state index in [4.69, 9.17) is 5.11 Å². The van der Waals surface area contributed by atoms with Crippen LogP contribution >= 0.6 is 0 Å². The zero-order valence-electron chi connectivity index (χ0n) is 17.0. The number of H-pyrrole nitrogens is 1. The van der Waals surface area contributed by atoms with Gasteiger partial charge in [0.25, 0.3) is 5.56 Å². The molecule has 12 heteroatoms. The van der Waals surface area contributed by atoms with Gasteiger partial charge in [0.1, 0.15) is 5.82 Å². The molecule has 3 aromatic rings. The van der Waals surface area contributed by atoms with Gasteiger partial charge in [-0.1, -0.05) is 24.3 Å². The van der Waals surface area contributed by atoms with E-state index in [-0.39, 0.29) is 24.7 Å². The van der Waals surface area contributed by atoms with E-state index < -0.39 is 40.8 Å². The van der Waals surface area contributed by atoms with Crippen LogP contribution in [0.5, 0.6) is 0 Å². The Morgan fingerprint density at radius 1 is 1.06 bits per heavy atom. The molecule has 0 aliphatic rings. The SMILES string of the molecule is O=C(Nc1nc(=O)c(-c2ccc(CNCC(O)CO)cc2)c[nH]1)Nc1cc(F)c(F)cc1F. The third-order valence-corrected chi connectivity index (χ3v) is 4.47. The number of nitrogens with zero attached hydrogens (tertiary/aromatic N) is 1. The molecule has 1 aromatic heterocycles. The predicted molar refractivity (Wildman–Crippen MR) is 114 cm³/mol. The zero-order valence-corrected chi connectivity index (χ0v) is 17.0. The average Bonchev–Trinajstić information content (AvgIpc) is 2.78. The normalized spacial score (nSPS) is 11.8. The lowest BCUT2D eigenvalue weighted by atomic mass is 10.1. The molecule has 9 nitrogen and oxygen atoms in total. The van der Waals surface area contributed by atoms with Crippen molar-refractivity contribution in [1.82, 2.24) is 15.3 Å². The fourth-order valence-corrected chi connectivity index (χ4v) is 2.80. The summed E-state index contributed by atoms with van der Waals surface area (Å²) in [6, 6.07) is 6.66. The first-order valence-electron chi connectivity index (χ1n) is 9.68. The van der Waals surface area contributed by atoms with E-state index in [2.05, 4.69) is 20.6 Å². The number of carbonyl (C=O) groups excluding carboxylic acids is 1. The fraction of sp³-hybridized carbons (Fsp3) is 0.190. The monoisotopic (exact) mass is 463 g/mol. The standard InChI is InChI=1S/C21H20F3N5O4/c22-15-5-17(24)18(6-16(15)23)27-21(33)29-20-26-9-14(19(32)28-20)12-3-1-11(2-4-12)7-25-8-13(31)10-30/h1-6,9,13,25,30-31H,7-8,10H2,(H3,26,27,28,29,32,33). The number of aromatic amines is 1. The molecule has 3 rings (SSSR count). The number of aliphatic hydroxyl groups excluding tert-OH is 2. The number of amides is 2. The van der Waals surface area contributed by atoms with Crippen molar-refractivity contribution in [1.29, 1.82) is 0 Å². The summed E-state index contributed by atoms with van der Waals surface area (Å²) >= 11 is 0. The Morgan fingerprint density at radius 2 is 1.76 bits per heavy atom. The maximum atomic E-state index is 13.6. The Balaban J connectivity index is 1.63. The first-order chi connectivity index (χ1) is 15.8. The van der Waals surface area contributed by atoms with Crippen molar-refractivity contribution < 1.29 is 28.2 Å². The van der Waals surface area contributed by atoms with Crippen molar-refractivity contribution in [2.45, 2.75) is 12.6 Å². The van der Waals surface area contributed by atoms with Crippen LogP contribution in [0.15, 0.2) is 47.4 Å². The summed E-state index contributed by atoms with van der Waals surface area (Å²) in [5.41, 5.74) is 0.420. The Labute approximate surface area is 185 Å². The summed E-state index contributed by atoms with van der Waals surface area (Å²) in [6.07, 6.45) is 0.479. The second-order valence-corrected chi connectivity index (χ2v) is 6.96. The summed E-state index contributed by atoms with van der Waals surface area (Å²) in [5.74, 6) is -4.16. The smallest absolute Gasteiger partial charge is 0.326 e. The molecule has 2 aromatic carbocycles. The topological polar surface area (TPSA) is 139 Å². The van der Waals surface area contributed by atoms with E-state index in [0.29, 0.717) is 24.2 Å². The van der Waals surface area contributed by atoms with Crippen molar-refractivity contribution in [2.24, 2.45) is 0 Å². The summed E-state index contributed by atoms with van der Waals surface area (Å²) in [6.45, 7) is 0.338. The van der Waals surface area contributed by atoms with Crippen molar-refractivity contribution in [3.05, 3.63) is 76.0 Å². The summed E-state index contributed by atoms with van der Waals surface area (Å²) in [7, 11) is 0. The van der Waals surface area contributed by atoms with Gasteiger partial charge in [-0.3, -0.25) is 10.1 Å². The number of carbonyl (C=O) groups is 1. The number of halogens is 3. The predicted octanol–water partition coefficient (Wildman–Crippen LogP) is 1.94. The van der Waals surface area contributed by atoms with Crippen LogP contribution in [0.4, 0.5) is 29.6 Å². The van der Waals surface area contributed by atoms with Gasteiger partial charge >= 0.3 is 6.03 Å². The van der Waals surface area contributed by atoms with Gasteiger partial charge in [-0.05, 0) is 11.1 Å². The van der Waals surface area contributed by atoms with Crippen LogP contribution in [0.25, 0.3) is 11.1 Å². The number of hydrogen-bond donors (Lipinski definition) is 6. The van der Waals surface area contributed by atoms with Gasteiger partial charge < -0.3 is 25.8 Å². The molecule has 0 radical (unpaired) electrons. The number of aliphatic hydroxyl groups is 2. The van der Waals surface area contributed by atoms with Gasteiger partial charge in [0, 0.05) is 31.4 Å². The minimum Gasteiger partial charge on any atom is -0.394 e. The lowest BCUT2D eigenvalue weighted by Gasteiger charge is -2.10. The lowest BCUT2D eigenvalue weighted by Crippen LogP contribution is -2.28. The molecular weight excluding hydrogens is 443 g/mol. The summed E-state index contributed by atoms with van der Waals surface area (Å²) < 4.78 is 39.8. The summed E-state index contributed by atoms with van der Waals surface area (Å²) in [5, 5.41) is 25.2. The number of aromatic nitrogens is 2. The van der Waals surface area contributed by atoms with Crippen LogP contribution in [0.1, 0.15) is 5.56 Å². The van der Waals surface area contributed by atoms with Gasteiger partial charge in [-0.25, -0.2) is 18.0 Å². The van der Waals surface area contributed by atoms with E-state index in [9.17, 15) is 27.9 Å². The highest BCUT2D eigenvalue weighted by Crippen LogP contribution is 2.19. The van der Waals surface area contributed by atoms with Crippen LogP contribution in [0, 0.1) is 17.5 Å². The molecule has 0 aliphatic heterocycles. The number of rotatable bonds is 8. The van der Waals surface area contributed by atoms with E-state index >= 15 is 0 Å². The maximum absolute atomic E-state index is 13.6. The first kappa shape index (κ1) is 23.9. The quantitative estimate of drug-likeness (QED) is 0.282. The molecule has 0 fully saturated rings. The zero-order chi connectivity index (χ0) is 24.0. The minimum atomic E-state index is -1.40. The molecule has 33 heavy (non-hydrogen) atoms. The number of anilines is 2. The molecule has 0 saturated carbocycles. The molecule has 0 bridgehead atoms. The van der Waals surface area contributed by atoms with Crippen LogP contribution in [-0.4, -0.2) is 45.5 Å².